The topological polar surface area (TPSA) is 38.7 Å². The summed E-state index contributed by atoms with van der Waals surface area (Å²) in [5.74, 6) is -2.36. The van der Waals surface area contributed by atoms with E-state index in [-0.39, 0.29) is 0 Å². The van der Waals surface area contributed by atoms with E-state index in [9.17, 15) is 0 Å². The Morgan fingerprint density at radius 1 is 1.38 bits per heavy atom. The molecule has 0 amide bonds. The van der Waals surface area contributed by atoms with Crippen molar-refractivity contribution in [2.75, 3.05) is 7.11 Å². The summed E-state index contributed by atoms with van der Waals surface area (Å²) in [6, 6.07) is 6.83. The zero-order valence-corrected chi connectivity index (χ0v) is 9.27. The molecule has 1 atom stereocenters. The van der Waals surface area contributed by atoms with Crippen LogP contribution in [0.25, 0.3) is 0 Å². The molecule has 0 aliphatic carbocycles. The van der Waals surface area contributed by atoms with Gasteiger partial charge in [0.25, 0.3) is 0 Å². The number of ether oxygens (including phenoxy) is 1. The van der Waals surface area contributed by atoms with E-state index in [2.05, 4.69) is 11.8 Å². The molecule has 13 heavy (non-hydrogen) atoms. The summed E-state index contributed by atoms with van der Waals surface area (Å²) in [6.45, 7) is 0. The fourth-order valence-corrected chi connectivity index (χ4v) is 1.67. The highest BCUT2D eigenvalue weighted by atomic mass is 35.7. The minimum absolute atomic E-state index is 0.353. The maximum absolute atomic E-state index is 9.10. The summed E-state index contributed by atoms with van der Waals surface area (Å²) < 4.78 is 9.91. The van der Waals surface area contributed by atoms with Crippen molar-refractivity contribution in [3.8, 4) is 11.5 Å². The van der Waals surface area contributed by atoms with Gasteiger partial charge in [0.1, 0.15) is 0 Å². The highest BCUT2D eigenvalue weighted by Gasteiger charge is 2.13. The predicted octanol–water partition coefficient (Wildman–Crippen LogP) is 2.53. The third-order valence-corrected chi connectivity index (χ3v) is 2.13. The Balaban J connectivity index is 2.94. The fourth-order valence-electron chi connectivity index (χ4n) is 0.816. The smallest absolute Gasteiger partial charge is 0.330 e. The number of hydrogen-bond donors (Lipinski definition) is 1. The Morgan fingerprint density at radius 3 is 2.38 bits per heavy atom. The van der Waals surface area contributed by atoms with Crippen LogP contribution in [0.2, 0.25) is 0 Å². The lowest BCUT2D eigenvalue weighted by Crippen LogP contribution is -1.90. The van der Waals surface area contributed by atoms with Crippen molar-refractivity contribution in [2.24, 2.45) is 0 Å². The first-order valence-electron chi connectivity index (χ1n) is 3.38. The van der Waals surface area contributed by atoms with Crippen LogP contribution in [0, 0.1) is 0 Å². The molecule has 1 unspecified atom stereocenters. The van der Waals surface area contributed by atoms with E-state index >= 15 is 0 Å². The zero-order valence-electron chi connectivity index (χ0n) is 6.81. The monoisotopic (exact) mass is 238 g/mol. The Morgan fingerprint density at radius 2 is 1.92 bits per heavy atom. The van der Waals surface area contributed by atoms with E-state index in [1.54, 1.807) is 24.3 Å². The van der Waals surface area contributed by atoms with Crippen LogP contribution < -0.4 is 9.26 Å². The van der Waals surface area contributed by atoms with E-state index < -0.39 is 5.84 Å². The lowest BCUT2D eigenvalue weighted by Gasteiger charge is -2.12. The first kappa shape index (κ1) is 10.8. The molecular formula is C7H8ClO3PS. The minimum Gasteiger partial charge on any atom is -0.493 e. The molecule has 0 saturated heterocycles. The molecule has 0 radical (unpaired) electrons. The van der Waals surface area contributed by atoms with Gasteiger partial charge in [-0.3, -0.25) is 0 Å². The molecule has 6 heteroatoms. The van der Waals surface area contributed by atoms with Gasteiger partial charge in [0, 0.05) is 0 Å². The average Bonchev–Trinajstić information content (AvgIpc) is 2.02. The zero-order chi connectivity index (χ0) is 9.90. The summed E-state index contributed by atoms with van der Waals surface area (Å²) in [7, 11) is 1.50. The Kier molecular flexibility index (Phi) is 3.56. The van der Waals surface area contributed by atoms with Crippen LogP contribution in [0.15, 0.2) is 24.3 Å². The number of rotatable bonds is 3. The van der Waals surface area contributed by atoms with Crippen molar-refractivity contribution in [1.82, 2.24) is 0 Å². The van der Waals surface area contributed by atoms with Gasteiger partial charge in [-0.05, 0) is 35.2 Å². The van der Waals surface area contributed by atoms with E-state index in [1.165, 1.54) is 7.11 Å². The van der Waals surface area contributed by atoms with E-state index in [0.29, 0.717) is 11.5 Å². The maximum atomic E-state index is 9.10. The Hall–Kier alpha value is -0.280. The standard InChI is InChI=1S/C7H8ClO3PS/c1-10-6-4-2-3-5-7(6)11-12(8,9)13/h2-5H,1H3,(H,9,13). The molecule has 1 N–H and O–H groups in total. The highest BCUT2D eigenvalue weighted by molar-refractivity contribution is 8.22. The summed E-state index contributed by atoms with van der Waals surface area (Å²) in [4.78, 5) is 9.10. The molecule has 0 aliphatic rings. The number of benzene rings is 1. The molecule has 0 fully saturated rings. The second kappa shape index (κ2) is 4.29. The molecule has 1 rings (SSSR count). The molecule has 72 valence electrons. The van der Waals surface area contributed by atoms with Crippen molar-refractivity contribution >= 4 is 28.9 Å². The normalized spacial score (nSPS) is 14.7. The lowest BCUT2D eigenvalue weighted by atomic mass is 10.3. The van der Waals surface area contributed by atoms with E-state index in [4.69, 9.17) is 25.4 Å². The molecule has 0 aliphatic heterocycles. The summed E-state index contributed by atoms with van der Waals surface area (Å²) in [5.41, 5.74) is 0. The molecule has 1 aromatic carbocycles. The van der Waals surface area contributed by atoms with Gasteiger partial charge < -0.3 is 14.2 Å². The molecule has 0 saturated carbocycles. The SMILES string of the molecule is COc1ccccc1OP(O)(=S)Cl. The van der Waals surface area contributed by atoms with Gasteiger partial charge in [0.05, 0.1) is 7.11 Å². The van der Waals surface area contributed by atoms with Crippen LogP contribution in [-0.2, 0) is 11.8 Å². The van der Waals surface area contributed by atoms with Gasteiger partial charge in [0.2, 0.25) is 0 Å². The molecule has 0 aromatic heterocycles. The first-order chi connectivity index (χ1) is 6.03. The van der Waals surface area contributed by atoms with Gasteiger partial charge in [-0.2, -0.15) is 0 Å². The quantitative estimate of drug-likeness (QED) is 0.822. The molecular weight excluding hydrogens is 231 g/mol. The summed E-state index contributed by atoms with van der Waals surface area (Å²) in [5, 5.41) is 0. The maximum Gasteiger partial charge on any atom is 0.330 e. The molecule has 1 aromatic rings. The molecule has 0 bridgehead atoms. The first-order valence-corrected chi connectivity index (χ1v) is 6.96. The van der Waals surface area contributed by atoms with Crippen molar-refractivity contribution in [3.05, 3.63) is 24.3 Å². The summed E-state index contributed by atoms with van der Waals surface area (Å²) >= 11 is 9.93. The lowest BCUT2D eigenvalue weighted by molar-refractivity contribution is 0.391. The van der Waals surface area contributed by atoms with Crippen LogP contribution in [0.1, 0.15) is 0 Å². The van der Waals surface area contributed by atoms with Crippen molar-refractivity contribution < 1.29 is 14.2 Å². The Bertz CT molecular complexity index is 338. The third-order valence-electron chi connectivity index (χ3n) is 1.28. The van der Waals surface area contributed by atoms with Gasteiger partial charge in [0.15, 0.2) is 11.5 Å². The van der Waals surface area contributed by atoms with Crippen molar-refractivity contribution in [3.63, 3.8) is 0 Å². The fraction of sp³-hybridized carbons (Fsp3) is 0.143. The third kappa shape index (κ3) is 3.53. The van der Waals surface area contributed by atoms with E-state index in [1.807, 2.05) is 0 Å². The van der Waals surface area contributed by atoms with E-state index in [0.717, 1.165) is 0 Å². The number of para-hydroxylation sites is 2. The average molecular weight is 239 g/mol. The van der Waals surface area contributed by atoms with Gasteiger partial charge in [-0.15, -0.1) is 0 Å². The Labute approximate surface area is 86.2 Å². The van der Waals surface area contributed by atoms with Crippen molar-refractivity contribution in [1.29, 1.82) is 0 Å². The van der Waals surface area contributed by atoms with Crippen LogP contribution in [0.3, 0.4) is 0 Å². The minimum atomic E-state index is -3.20. The number of methoxy groups -OCH3 is 1. The number of halogens is 1. The molecule has 0 heterocycles. The number of hydrogen-bond acceptors (Lipinski definition) is 3. The predicted molar refractivity (Wildman–Crippen MR) is 56.0 cm³/mol. The molecule has 0 spiro atoms. The second-order valence-corrected chi connectivity index (χ2v) is 6.74. The molecule has 3 nitrogen and oxygen atoms in total. The van der Waals surface area contributed by atoms with Crippen LogP contribution in [-0.4, -0.2) is 12.0 Å². The second-order valence-electron chi connectivity index (χ2n) is 2.19. The van der Waals surface area contributed by atoms with Gasteiger partial charge >= 0.3 is 5.84 Å². The van der Waals surface area contributed by atoms with Crippen LogP contribution in [0.5, 0.6) is 11.5 Å². The largest absolute Gasteiger partial charge is 0.493 e. The summed E-state index contributed by atoms with van der Waals surface area (Å²) in [6.07, 6.45) is 0. The van der Waals surface area contributed by atoms with Gasteiger partial charge in [-0.25, -0.2) is 0 Å². The van der Waals surface area contributed by atoms with Crippen LogP contribution in [0.4, 0.5) is 0 Å². The van der Waals surface area contributed by atoms with Gasteiger partial charge in [-0.1, -0.05) is 12.1 Å². The van der Waals surface area contributed by atoms with Crippen molar-refractivity contribution in [2.45, 2.75) is 0 Å². The van der Waals surface area contributed by atoms with Crippen LogP contribution >= 0.6 is 17.1 Å². The highest BCUT2D eigenvalue weighted by Crippen LogP contribution is 2.50.